The Kier molecular flexibility index (Phi) is 5.14. The Labute approximate surface area is 151 Å². The Balaban J connectivity index is 1.59. The molecule has 10 heteroatoms. The Morgan fingerprint density at radius 1 is 1.15 bits per heavy atom. The van der Waals surface area contributed by atoms with Gasteiger partial charge in [-0.3, -0.25) is 4.68 Å². The average molecular weight is 373 g/mol. The van der Waals surface area contributed by atoms with Crippen LogP contribution in [0.15, 0.2) is 53.7 Å². The molecule has 3 rings (SSSR count). The summed E-state index contributed by atoms with van der Waals surface area (Å²) in [5.41, 5.74) is 7.30. The maximum atomic E-state index is 12.1. The summed E-state index contributed by atoms with van der Waals surface area (Å²) in [5, 5.41) is 7.08. The molecule has 0 bridgehead atoms. The van der Waals surface area contributed by atoms with E-state index >= 15 is 0 Å². The number of anilines is 2. The number of nitrogens with zero attached hydrogens (tertiary/aromatic N) is 4. The molecule has 0 atom stereocenters. The topological polar surface area (TPSA) is 128 Å². The van der Waals surface area contributed by atoms with Crippen molar-refractivity contribution in [1.82, 2.24) is 24.5 Å². The van der Waals surface area contributed by atoms with E-state index in [0.29, 0.717) is 29.6 Å². The number of hydrogen-bond acceptors (Lipinski definition) is 7. The maximum absolute atomic E-state index is 12.1. The average Bonchev–Trinajstić information content (AvgIpc) is 2.99. The Morgan fingerprint density at radius 2 is 1.92 bits per heavy atom. The molecule has 0 amide bonds. The molecule has 0 aliphatic carbocycles. The number of rotatable bonds is 7. The van der Waals surface area contributed by atoms with E-state index in [2.05, 4.69) is 25.1 Å². The van der Waals surface area contributed by atoms with Gasteiger partial charge in [0.25, 0.3) is 0 Å². The summed E-state index contributed by atoms with van der Waals surface area (Å²) in [7, 11) is -1.78. The van der Waals surface area contributed by atoms with E-state index in [1.807, 2.05) is 0 Å². The third kappa shape index (κ3) is 3.98. The lowest BCUT2D eigenvalue weighted by Gasteiger charge is -2.08. The lowest BCUT2D eigenvalue weighted by molar-refractivity contribution is 0.583. The molecule has 0 unspecified atom stereocenters. The van der Waals surface area contributed by atoms with Gasteiger partial charge in [-0.25, -0.2) is 23.1 Å². The van der Waals surface area contributed by atoms with Crippen LogP contribution in [0.4, 0.5) is 11.8 Å². The van der Waals surface area contributed by atoms with Crippen LogP contribution in [0, 0.1) is 0 Å². The molecule has 0 saturated heterocycles. The summed E-state index contributed by atoms with van der Waals surface area (Å²) in [4.78, 5) is 8.73. The van der Waals surface area contributed by atoms with Crippen molar-refractivity contribution in [3.05, 3.63) is 48.8 Å². The van der Waals surface area contributed by atoms with Gasteiger partial charge in [-0.2, -0.15) is 5.10 Å². The highest BCUT2D eigenvalue weighted by molar-refractivity contribution is 7.89. The summed E-state index contributed by atoms with van der Waals surface area (Å²) in [6.45, 7) is 0.526. The molecule has 0 spiro atoms. The van der Waals surface area contributed by atoms with Crippen molar-refractivity contribution < 1.29 is 8.42 Å². The second-order valence-corrected chi connectivity index (χ2v) is 7.24. The summed E-state index contributed by atoms with van der Waals surface area (Å²) < 4.78 is 28.3. The minimum absolute atomic E-state index is 0.194. The highest BCUT2D eigenvalue weighted by Gasteiger charge is 2.12. The van der Waals surface area contributed by atoms with Crippen molar-refractivity contribution in [2.24, 2.45) is 7.05 Å². The normalized spacial score (nSPS) is 11.4. The number of nitrogen functional groups attached to an aromatic ring is 1. The smallest absolute Gasteiger partial charge is 0.240 e. The van der Waals surface area contributed by atoms with E-state index in [4.69, 9.17) is 5.73 Å². The predicted octanol–water partition coefficient (Wildman–Crippen LogP) is 0.850. The van der Waals surface area contributed by atoms with Crippen LogP contribution in [-0.4, -0.2) is 41.3 Å². The molecule has 136 valence electrons. The molecule has 0 aliphatic rings. The van der Waals surface area contributed by atoms with Crippen LogP contribution >= 0.6 is 0 Å². The first-order valence-corrected chi connectivity index (χ1v) is 9.35. The molecule has 2 aromatic heterocycles. The molecule has 0 fully saturated rings. The highest BCUT2D eigenvalue weighted by Crippen LogP contribution is 2.23. The molecule has 1 aromatic carbocycles. The molecule has 9 nitrogen and oxygen atoms in total. The highest BCUT2D eigenvalue weighted by atomic mass is 32.2. The maximum Gasteiger partial charge on any atom is 0.240 e. The minimum atomic E-state index is -3.53. The monoisotopic (exact) mass is 373 g/mol. The van der Waals surface area contributed by atoms with Crippen molar-refractivity contribution in [2.45, 2.75) is 4.90 Å². The predicted molar refractivity (Wildman–Crippen MR) is 98.8 cm³/mol. The van der Waals surface area contributed by atoms with Crippen LogP contribution in [0.5, 0.6) is 0 Å². The second kappa shape index (κ2) is 7.50. The van der Waals surface area contributed by atoms with E-state index in [9.17, 15) is 8.42 Å². The largest absolute Gasteiger partial charge is 0.383 e. The molecular weight excluding hydrogens is 354 g/mol. The van der Waals surface area contributed by atoms with Gasteiger partial charge in [0, 0.05) is 26.3 Å². The number of nitrogens with two attached hydrogens (primary N) is 1. The summed E-state index contributed by atoms with van der Waals surface area (Å²) in [5.74, 6) is 0.884. The Bertz CT molecular complexity index is 987. The van der Waals surface area contributed by atoms with Gasteiger partial charge < -0.3 is 11.1 Å². The third-order valence-corrected chi connectivity index (χ3v) is 5.15. The second-order valence-electron chi connectivity index (χ2n) is 5.47. The van der Waals surface area contributed by atoms with Crippen molar-refractivity contribution in [3.63, 3.8) is 0 Å². The molecular formula is C16H19N7O2S. The zero-order valence-corrected chi connectivity index (χ0v) is 14.9. The number of sulfonamides is 1. The van der Waals surface area contributed by atoms with Gasteiger partial charge in [-0.15, -0.1) is 0 Å². The number of nitrogens with one attached hydrogen (secondary N) is 2. The van der Waals surface area contributed by atoms with Crippen molar-refractivity contribution in [2.75, 3.05) is 24.1 Å². The van der Waals surface area contributed by atoms with E-state index in [1.165, 1.54) is 0 Å². The summed E-state index contributed by atoms with van der Waals surface area (Å²) >= 11 is 0. The van der Waals surface area contributed by atoms with Crippen LogP contribution in [0.1, 0.15) is 0 Å². The van der Waals surface area contributed by atoms with Gasteiger partial charge in [0.1, 0.15) is 5.82 Å². The first kappa shape index (κ1) is 17.8. The first-order chi connectivity index (χ1) is 12.5. The van der Waals surface area contributed by atoms with Crippen LogP contribution < -0.4 is 15.8 Å². The minimum Gasteiger partial charge on any atom is -0.383 e. The fourth-order valence-electron chi connectivity index (χ4n) is 2.28. The van der Waals surface area contributed by atoms with Crippen LogP contribution in [0.2, 0.25) is 0 Å². The van der Waals surface area contributed by atoms with Gasteiger partial charge in [-0.05, 0) is 18.2 Å². The lowest BCUT2D eigenvalue weighted by Crippen LogP contribution is -2.29. The molecule has 2 heterocycles. The third-order valence-electron chi connectivity index (χ3n) is 3.67. The zero-order chi connectivity index (χ0) is 18.6. The standard InChI is InChI=1S/C16H19N7O2S/c1-23-15(17)13(11-20-23)14-7-8-18-16(22-14)19-9-10-21-26(24,25)12-5-3-2-4-6-12/h2-8,11,21H,9-10,17H2,1H3,(H,18,19,22). The molecule has 26 heavy (non-hydrogen) atoms. The SMILES string of the molecule is Cn1ncc(-c2ccnc(NCCNS(=O)(=O)c3ccccc3)n2)c1N. The summed E-state index contributed by atoms with van der Waals surface area (Å²) in [6.07, 6.45) is 3.24. The Hall–Kier alpha value is -2.98. The van der Waals surface area contributed by atoms with Crippen molar-refractivity contribution in [3.8, 4) is 11.3 Å². The van der Waals surface area contributed by atoms with Gasteiger partial charge in [0.05, 0.1) is 22.3 Å². The number of hydrogen-bond donors (Lipinski definition) is 3. The lowest BCUT2D eigenvalue weighted by atomic mass is 10.2. The molecule has 0 saturated carbocycles. The van der Waals surface area contributed by atoms with E-state index in [1.54, 1.807) is 60.5 Å². The first-order valence-electron chi connectivity index (χ1n) is 7.87. The van der Waals surface area contributed by atoms with Gasteiger partial charge in [0.15, 0.2) is 0 Å². The Morgan fingerprint density at radius 3 is 2.62 bits per heavy atom. The van der Waals surface area contributed by atoms with Gasteiger partial charge in [-0.1, -0.05) is 18.2 Å². The van der Waals surface area contributed by atoms with E-state index in [-0.39, 0.29) is 11.4 Å². The van der Waals surface area contributed by atoms with E-state index < -0.39 is 10.0 Å². The zero-order valence-electron chi connectivity index (χ0n) is 14.1. The number of aromatic nitrogens is 4. The molecule has 3 aromatic rings. The molecule has 0 radical (unpaired) electrons. The molecule has 0 aliphatic heterocycles. The van der Waals surface area contributed by atoms with Gasteiger partial charge in [0.2, 0.25) is 16.0 Å². The number of aryl methyl sites for hydroxylation is 1. The van der Waals surface area contributed by atoms with Gasteiger partial charge >= 0.3 is 0 Å². The van der Waals surface area contributed by atoms with Crippen LogP contribution in [0.25, 0.3) is 11.3 Å². The van der Waals surface area contributed by atoms with Crippen molar-refractivity contribution >= 4 is 21.8 Å². The van der Waals surface area contributed by atoms with Crippen molar-refractivity contribution in [1.29, 1.82) is 0 Å². The fourth-order valence-corrected chi connectivity index (χ4v) is 3.33. The van der Waals surface area contributed by atoms with Crippen LogP contribution in [-0.2, 0) is 17.1 Å². The quantitative estimate of drug-likeness (QED) is 0.524. The molecule has 4 N–H and O–H groups in total. The van der Waals surface area contributed by atoms with E-state index in [0.717, 1.165) is 0 Å². The summed E-state index contributed by atoms with van der Waals surface area (Å²) in [6, 6.07) is 9.93. The van der Waals surface area contributed by atoms with Crippen LogP contribution in [0.3, 0.4) is 0 Å². The fraction of sp³-hybridized carbons (Fsp3) is 0.188. The number of benzene rings is 1.